The third-order valence-corrected chi connectivity index (χ3v) is 3.00. The van der Waals surface area contributed by atoms with Gasteiger partial charge in [0, 0.05) is 31.0 Å². The summed E-state index contributed by atoms with van der Waals surface area (Å²) in [5.41, 5.74) is 3.50. The van der Waals surface area contributed by atoms with E-state index in [0.29, 0.717) is 30.3 Å². The summed E-state index contributed by atoms with van der Waals surface area (Å²) in [6, 6.07) is 4.54. The SMILES string of the molecule is CCC(CCO)CNc1cc(NN)cc([N+](=O)[O-])c1. The number of hydrogen-bond acceptors (Lipinski definition) is 6. The number of rotatable bonds is 8. The molecule has 0 bridgehead atoms. The summed E-state index contributed by atoms with van der Waals surface area (Å²) in [6.45, 7) is 2.84. The zero-order valence-electron chi connectivity index (χ0n) is 10.9. The van der Waals surface area contributed by atoms with Gasteiger partial charge in [-0.15, -0.1) is 0 Å². The highest BCUT2D eigenvalue weighted by Crippen LogP contribution is 2.24. The number of nitrogens with two attached hydrogens (primary N) is 1. The maximum Gasteiger partial charge on any atom is 0.273 e. The van der Waals surface area contributed by atoms with Gasteiger partial charge in [-0.25, -0.2) is 0 Å². The predicted molar refractivity (Wildman–Crippen MR) is 74.9 cm³/mol. The average Bonchev–Trinajstić information content (AvgIpc) is 2.42. The summed E-state index contributed by atoms with van der Waals surface area (Å²) < 4.78 is 0. The number of aliphatic hydroxyl groups excluding tert-OH is 1. The molecule has 1 aromatic carbocycles. The van der Waals surface area contributed by atoms with Crippen LogP contribution in [0.1, 0.15) is 19.8 Å². The minimum Gasteiger partial charge on any atom is -0.396 e. The lowest BCUT2D eigenvalue weighted by atomic mass is 10.0. The van der Waals surface area contributed by atoms with Crippen molar-refractivity contribution in [2.24, 2.45) is 11.8 Å². The number of anilines is 2. The Kier molecular flexibility index (Phi) is 6.04. The largest absolute Gasteiger partial charge is 0.396 e. The molecule has 1 aromatic rings. The maximum atomic E-state index is 10.8. The molecule has 0 aliphatic heterocycles. The van der Waals surface area contributed by atoms with Gasteiger partial charge in [-0.05, 0) is 18.4 Å². The maximum absolute atomic E-state index is 10.8. The Morgan fingerprint density at radius 2 is 2.11 bits per heavy atom. The Morgan fingerprint density at radius 1 is 1.42 bits per heavy atom. The zero-order valence-corrected chi connectivity index (χ0v) is 10.9. The van der Waals surface area contributed by atoms with Gasteiger partial charge >= 0.3 is 0 Å². The summed E-state index contributed by atoms with van der Waals surface area (Å²) in [5, 5.41) is 22.9. The highest BCUT2D eigenvalue weighted by Gasteiger charge is 2.11. The molecule has 5 N–H and O–H groups in total. The van der Waals surface area contributed by atoms with Crippen LogP contribution in [0.5, 0.6) is 0 Å². The van der Waals surface area contributed by atoms with Gasteiger partial charge in [0.25, 0.3) is 5.69 Å². The number of nitrogen functional groups attached to an aromatic ring is 1. The van der Waals surface area contributed by atoms with Crippen molar-refractivity contribution in [2.75, 3.05) is 23.9 Å². The van der Waals surface area contributed by atoms with Crippen molar-refractivity contribution < 1.29 is 10.0 Å². The molecule has 0 heterocycles. The fraction of sp³-hybridized carbons (Fsp3) is 0.500. The van der Waals surface area contributed by atoms with E-state index in [0.717, 1.165) is 6.42 Å². The summed E-state index contributed by atoms with van der Waals surface area (Å²) in [5.74, 6) is 5.62. The quantitative estimate of drug-likeness (QED) is 0.324. The van der Waals surface area contributed by atoms with Crippen LogP contribution >= 0.6 is 0 Å². The van der Waals surface area contributed by atoms with Crippen molar-refractivity contribution in [3.63, 3.8) is 0 Å². The van der Waals surface area contributed by atoms with E-state index in [1.54, 1.807) is 6.07 Å². The molecule has 0 radical (unpaired) electrons. The monoisotopic (exact) mass is 268 g/mol. The molecule has 1 rings (SSSR count). The van der Waals surface area contributed by atoms with Crippen LogP contribution in [-0.4, -0.2) is 23.2 Å². The standard InChI is InChI=1S/C12H20N4O3/c1-2-9(3-4-17)8-14-10-5-11(15-13)7-12(6-10)16(18)19/h5-7,9,14-15,17H,2-4,8,13H2,1H3. The summed E-state index contributed by atoms with van der Waals surface area (Å²) in [7, 11) is 0. The third kappa shape index (κ3) is 4.72. The van der Waals surface area contributed by atoms with Gasteiger partial charge in [0.2, 0.25) is 0 Å². The van der Waals surface area contributed by atoms with Gasteiger partial charge < -0.3 is 15.8 Å². The number of hydrazine groups is 1. The minimum atomic E-state index is -0.461. The number of nitro groups is 1. The van der Waals surface area contributed by atoms with E-state index in [1.165, 1.54) is 12.1 Å². The van der Waals surface area contributed by atoms with E-state index in [4.69, 9.17) is 10.9 Å². The molecule has 0 aliphatic rings. The van der Waals surface area contributed by atoms with E-state index in [-0.39, 0.29) is 12.3 Å². The molecule has 7 heteroatoms. The first-order chi connectivity index (χ1) is 9.10. The molecule has 0 spiro atoms. The fourth-order valence-electron chi connectivity index (χ4n) is 1.80. The molecular weight excluding hydrogens is 248 g/mol. The first-order valence-corrected chi connectivity index (χ1v) is 6.21. The molecule has 106 valence electrons. The van der Waals surface area contributed by atoms with Crippen LogP contribution in [0.15, 0.2) is 18.2 Å². The van der Waals surface area contributed by atoms with Gasteiger partial charge in [-0.3, -0.25) is 16.0 Å². The Labute approximate surface area is 111 Å². The second-order valence-electron chi connectivity index (χ2n) is 4.34. The lowest BCUT2D eigenvalue weighted by molar-refractivity contribution is -0.384. The fourth-order valence-corrected chi connectivity index (χ4v) is 1.80. The lowest BCUT2D eigenvalue weighted by Gasteiger charge is -2.15. The molecule has 1 atom stereocenters. The van der Waals surface area contributed by atoms with Crippen LogP contribution < -0.4 is 16.6 Å². The summed E-state index contributed by atoms with van der Waals surface area (Å²) >= 11 is 0. The highest BCUT2D eigenvalue weighted by atomic mass is 16.6. The van der Waals surface area contributed by atoms with Gasteiger partial charge in [0.1, 0.15) is 0 Å². The third-order valence-electron chi connectivity index (χ3n) is 3.00. The molecule has 0 aromatic heterocycles. The Hall–Kier alpha value is -1.86. The smallest absolute Gasteiger partial charge is 0.273 e. The van der Waals surface area contributed by atoms with E-state index >= 15 is 0 Å². The molecule has 0 aliphatic carbocycles. The van der Waals surface area contributed by atoms with Gasteiger partial charge in [-0.1, -0.05) is 13.3 Å². The van der Waals surface area contributed by atoms with Crippen molar-refractivity contribution >= 4 is 17.1 Å². The number of nitrogens with one attached hydrogen (secondary N) is 2. The second-order valence-corrected chi connectivity index (χ2v) is 4.34. The summed E-state index contributed by atoms with van der Waals surface area (Å²) in [6.07, 6.45) is 1.64. The van der Waals surface area contributed by atoms with Crippen molar-refractivity contribution in [3.05, 3.63) is 28.3 Å². The Balaban J connectivity index is 2.76. The van der Waals surface area contributed by atoms with Crippen LogP contribution in [-0.2, 0) is 0 Å². The first kappa shape index (κ1) is 15.2. The van der Waals surface area contributed by atoms with E-state index in [1.807, 2.05) is 6.92 Å². The zero-order chi connectivity index (χ0) is 14.3. The molecule has 0 amide bonds. The Bertz CT molecular complexity index is 425. The van der Waals surface area contributed by atoms with Gasteiger partial charge in [0.15, 0.2) is 0 Å². The number of aliphatic hydroxyl groups is 1. The Morgan fingerprint density at radius 3 is 2.63 bits per heavy atom. The van der Waals surface area contributed by atoms with E-state index in [2.05, 4.69) is 10.7 Å². The first-order valence-electron chi connectivity index (χ1n) is 6.21. The molecule has 0 fully saturated rings. The number of hydrogen-bond donors (Lipinski definition) is 4. The number of nitro benzene ring substituents is 1. The van der Waals surface area contributed by atoms with Crippen molar-refractivity contribution in [1.29, 1.82) is 0 Å². The highest BCUT2D eigenvalue weighted by molar-refractivity contribution is 5.63. The van der Waals surface area contributed by atoms with Gasteiger partial charge in [0.05, 0.1) is 10.6 Å². The predicted octanol–water partition coefficient (Wildman–Crippen LogP) is 1.70. The van der Waals surface area contributed by atoms with Crippen LogP contribution in [0, 0.1) is 16.0 Å². The van der Waals surface area contributed by atoms with E-state index in [9.17, 15) is 10.1 Å². The van der Waals surface area contributed by atoms with Gasteiger partial charge in [-0.2, -0.15) is 0 Å². The van der Waals surface area contributed by atoms with Crippen LogP contribution in [0.25, 0.3) is 0 Å². The van der Waals surface area contributed by atoms with E-state index < -0.39 is 4.92 Å². The lowest BCUT2D eigenvalue weighted by Crippen LogP contribution is -2.15. The number of benzene rings is 1. The molecule has 7 nitrogen and oxygen atoms in total. The van der Waals surface area contributed by atoms with Crippen molar-refractivity contribution in [3.8, 4) is 0 Å². The minimum absolute atomic E-state index is 0.0202. The summed E-state index contributed by atoms with van der Waals surface area (Å²) in [4.78, 5) is 10.3. The second kappa shape index (κ2) is 7.55. The van der Waals surface area contributed by atoms with Crippen LogP contribution in [0.4, 0.5) is 17.1 Å². The molecule has 1 unspecified atom stereocenters. The normalized spacial score (nSPS) is 11.9. The molecule has 0 saturated heterocycles. The molecule has 19 heavy (non-hydrogen) atoms. The average molecular weight is 268 g/mol. The number of nitrogens with zero attached hydrogens (tertiary/aromatic N) is 1. The van der Waals surface area contributed by atoms with Crippen molar-refractivity contribution in [1.82, 2.24) is 0 Å². The van der Waals surface area contributed by atoms with Crippen molar-refractivity contribution in [2.45, 2.75) is 19.8 Å². The van der Waals surface area contributed by atoms with Crippen LogP contribution in [0.2, 0.25) is 0 Å². The van der Waals surface area contributed by atoms with Crippen LogP contribution in [0.3, 0.4) is 0 Å². The topological polar surface area (TPSA) is 113 Å². The number of non-ortho nitro benzene ring substituents is 1. The molecular formula is C12H20N4O3. The molecule has 0 saturated carbocycles.